The molecule has 0 aromatic rings. The number of carboxylic acid groups (broad SMARTS) is 1. The van der Waals surface area contributed by atoms with Crippen LogP contribution in [0.25, 0.3) is 0 Å². The van der Waals surface area contributed by atoms with Crippen LogP contribution in [-0.2, 0) is 4.79 Å². The maximum absolute atomic E-state index is 12.6. The van der Waals surface area contributed by atoms with Gasteiger partial charge in [0.25, 0.3) is 0 Å². The summed E-state index contributed by atoms with van der Waals surface area (Å²) in [5.41, 5.74) is -0.373. The van der Waals surface area contributed by atoms with Gasteiger partial charge >= 0.3 is 5.97 Å². The summed E-state index contributed by atoms with van der Waals surface area (Å²) in [5.74, 6) is -2.11. The monoisotopic (exact) mass is 156 g/mol. The first-order valence-electron chi connectivity index (χ1n) is 3.01. The van der Waals surface area contributed by atoms with Crippen molar-refractivity contribution in [3.63, 3.8) is 0 Å². The first kappa shape index (κ1) is 9.62. The molecule has 0 rings (SSSR count). The van der Waals surface area contributed by atoms with Gasteiger partial charge in [-0.05, 0) is 19.1 Å². The Morgan fingerprint density at radius 2 is 2.18 bits per heavy atom. The molecule has 0 saturated heterocycles. The minimum absolute atomic E-state index is 0.373. The van der Waals surface area contributed by atoms with Crippen LogP contribution in [0.4, 0.5) is 4.39 Å². The minimum Gasteiger partial charge on any atom is -0.478 e. The molecule has 0 atom stereocenters. The normalized spacial score (nSPS) is 12.9. The number of carboxylic acids is 1. The molecule has 0 amide bonds. The largest absolute Gasteiger partial charge is 0.478 e. The summed E-state index contributed by atoms with van der Waals surface area (Å²) < 4.78 is 12.6. The van der Waals surface area contributed by atoms with Crippen LogP contribution in [0.15, 0.2) is 36.2 Å². The molecule has 60 valence electrons. The second kappa shape index (κ2) is 4.44. The third kappa shape index (κ3) is 2.80. The van der Waals surface area contributed by atoms with E-state index in [1.54, 1.807) is 6.92 Å². The van der Waals surface area contributed by atoms with Crippen LogP contribution in [0.3, 0.4) is 0 Å². The van der Waals surface area contributed by atoms with Crippen LogP contribution in [0, 0.1) is 0 Å². The SMILES string of the molecule is C=C/C(F)=C(\C=C/C)C(=O)O. The fraction of sp³-hybridized carbons (Fsp3) is 0.125. The standard InChI is InChI=1S/C8H9FO2/c1-3-5-6(8(10)11)7(9)4-2/h3-5H,2H2,1H3,(H,10,11)/b5-3-,7-6-. The Balaban J connectivity index is 4.87. The third-order valence-corrected chi connectivity index (χ3v) is 1.00. The second-order valence-corrected chi connectivity index (χ2v) is 1.77. The molecule has 0 aliphatic rings. The zero-order valence-electron chi connectivity index (χ0n) is 6.17. The topological polar surface area (TPSA) is 37.3 Å². The Kier molecular flexibility index (Phi) is 3.88. The van der Waals surface area contributed by atoms with E-state index in [1.165, 1.54) is 12.2 Å². The lowest BCUT2D eigenvalue weighted by Crippen LogP contribution is -1.98. The minimum atomic E-state index is -1.29. The van der Waals surface area contributed by atoms with E-state index in [2.05, 4.69) is 6.58 Å². The number of aliphatic carboxylic acids is 1. The van der Waals surface area contributed by atoms with Crippen LogP contribution >= 0.6 is 0 Å². The lowest BCUT2D eigenvalue weighted by atomic mass is 10.2. The highest BCUT2D eigenvalue weighted by Gasteiger charge is 2.07. The predicted octanol–water partition coefficient (Wildman–Crippen LogP) is 2.06. The van der Waals surface area contributed by atoms with Crippen LogP contribution in [0.1, 0.15) is 6.92 Å². The quantitative estimate of drug-likeness (QED) is 0.501. The first-order valence-corrected chi connectivity index (χ1v) is 3.01. The molecular weight excluding hydrogens is 147 g/mol. The van der Waals surface area contributed by atoms with Crippen molar-refractivity contribution >= 4 is 5.97 Å². The van der Waals surface area contributed by atoms with E-state index in [4.69, 9.17) is 5.11 Å². The first-order chi connectivity index (χ1) is 5.13. The van der Waals surface area contributed by atoms with E-state index in [-0.39, 0.29) is 5.57 Å². The van der Waals surface area contributed by atoms with Crippen LogP contribution < -0.4 is 0 Å². The Morgan fingerprint density at radius 3 is 2.45 bits per heavy atom. The molecule has 0 fully saturated rings. The maximum atomic E-state index is 12.6. The molecule has 0 aliphatic heterocycles. The van der Waals surface area contributed by atoms with E-state index < -0.39 is 11.8 Å². The van der Waals surface area contributed by atoms with Crippen molar-refractivity contribution < 1.29 is 14.3 Å². The molecule has 0 aromatic heterocycles. The summed E-state index contributed by atoms with van der Waals surface area (Å²) >= 11 is 0. The molecule has 1 N–H and O–H groups in total. The number of carbonyl (C=O) groups is 1. The van der Waals surface area contributed by atoms with E-state index in [0.29, 0.717) is 0 Å². The van der Waals surface area contributed by atoms with Gasteiger partial charge in [-0.25, -0.2) is 9.18 Å². The molecule has 0 spiro atoms. The van der Waals surface area contributed by atoms with Gasteiger partial charge in [0.1, 0.15) is 5.83 Å². The van der Waals surface area contributed by atoms with Crippen LogP contribution in [0.2, 0.25) is 0 Å². The van der Waals surface area contributed by atoms with Crippen molar-refractivity contribution in [1.82, 2.24) is 0 Å². The van der Waals surface area contributed by atoms with Crippen molar-refractivity contribution in [3.8, 4) is 0 Å². The van der Waals surface area contributed by atoms with Crippen molar-refractivity contribution in [2.45, 2.75) is 6.92 Å². The van der Waals surface area contributed by atoms with Gasteiger partial charge in [-0.2, -0.15) is 0 Å². The van der Waals surface area contributed by atoms with Crippen molar-refractivity contribution in [3.05, 3.63) is 36.2 Å². The molecule has 0 radical (unpaired) electrons. The van der Waals surface area contributed by atoms with E-state index in [0.717, 1.165) is 6.08 Å². The Labute approximate surface area is 64.3 Å². The summed E-state index contributed by atoms with van der Waals surface area (Å²) in [6, 6.07) is 0. The van der Waals surface area contributed by atoms with Crippen molar-refractivity contribution in [2.75, 3.05) is 0 Å². The highest BCUT2D eigenvalue weighted by Crippen LogP contribution is 2.08. The predicted molar refractivity (Wildman–Crippen MR) is 40.8 cm³/mol. The summed E-state index contributed by atoms with van der Waals surface area (Å²) in [4.78, 5) is 10.3. The van der Waals surface area contributed by atoms with Gasteiger partial charge in [-0.1, -0.05) is 12.7 Å². The number of halogens is 1. The van der Waals surface area contributed by atoms with Gasteiger partial charge in [-0.3, -0.25) is 0 Å². The smallest absolute Gasteiger partial charge is 0.338 e. The third-order valence-electron chi connectivity index (χ3n) is 1.00. The molecule has 11 heavy (non-hydrogen) atoms. The summed E-state index contributed by atoms with van der Waals surface area (Å²) in [6.07, 6.45) is 3.50. The van der Waals surface area contributed by atoms with E-state index in [9.17, 15) is 9.18 Å². The van der Waals surface area contributed by atoms with E-state index >= 15 is 0 Å². The second-order valence-electron chi connectivity index (χ2n) is 1.77. The van der Waals surface area contributed by atoms with Gasteiger partial charge in [0.2, 0.25) is 0 Å². The highest BCUT2D eigenvalue weighted by molar-refractivity contribution is 5.90. The zero-order valence-corrected chi connectivity index (χ0v) is 6.17. The Morgan fingerprint density at radius 1 is 1.64 bits per heavy atom. The molecule has 0 heterocycles. The molecule has 0 aliphatic carbocycles. The molecule has 0 bridgehead atoms. The molecule has 2 nitrogen and oxygen atoms in total. The Hall–Kier alpha value is -1.38. The average Bonchev–Trinajstić information content (AvgIpc) is 1.98. The lowest BCUT2D eigenvalue weighted by Gasteiger charge is -1.93. The lowest BCUT2D eigenvalue weighted by molar-refractivity contribution is -0.132. The van der Waals surface area contributed by atoms with Crippen molar-refractivity contribution in [2.24, 2.45) is 0 Å². The van der Waals surface area contributed by atoms with E-state index in [1.807, 2.05) is 0 Å². The number of allylic oxidation sites excluding steroid dienone is 3. The van der Waals surface area contributed by atoms with Gasteiger partial charge in [0.15, 0.2) is 0 Å². The molecule has 0 aromatic carbocycles. The maximum Gasteiger partial charge on any atom is 0.338 e. The van der Waals surface area contributed by atoms with Crippen LogP contribution in [0.5, 0.6) is 0 Å². The van der Waals surface area contributed by atoms with Crippen molar-refractivity contribution in [1.29, 1.82) is 0 Å². The Bertz CT molecular complexity index is 226. The summed E-state index contributed by atoms with van der Waals surface area (Å²) in [7, 11) is 0. The highest BCUT2D eigenvalue weighted by atomic mass is 19.1. The summed E-state index contributed by atoms with van der Waals surface area (Å²) in [6.45, 7) is 4.73. The molecule has 0 unspecified atom stereocenters. The van der Waals surface area contributed by atoms with Crippen LogP contribution in [-0.4, -0.2) is 11.1 Å². The fourth-order valence-electron chi connectivity index (χ4n) is 0.530. The zero-order chi connectivity index (χ0) is 8.85. The average molecular weight is 156 g/mol. The fourth-order valence-corrected chi connectivity index (χ4v) is 0.530. The number of hydrogen-bond acceptors (Lipinski definition) is 1. The number of rotatable bonds is 3. The molecular formula is C8H9FO2. The molecule has 0 saturated carbocycles. The summed E-state index contributed by atoms with van der Waals surface area (Å²) in [5, 5.41) is 8.41. The van der Waals surface area contributed by atoms with Gasteiger partial charge < -0.3 is 5.11 Å². The van der Waals surface area contributed by atoms with Gasteiger partial charge in [0.05, 0.1) is 5.57 Å². The molecule has 3 heteroatoms. The van der Waals surface area contributed by atoms with Gasteiger partial charge in [-0.15, -0.1) is 0 Å². The van der Waals surface area contributed by atoms with Gasteiger partial charge in [0, 0.05) is 0 Å². The number of hydrogen-bond donors (Lipinski definition) is 1.